The number of hydrogen-bond acceptors (Lipinski definition) is 10. The average Bonchev–Trinajstić information content (AvgIpc) is 3.34. The van der Waals surface area contributed by atoms with Crippen LogP contribution >= 0.6 is 35.5 Å². The summed E-state index contributed by atoms with van der Waals surface area (Å²) in [5, 5.41) is 0.810. The highest BCUT2D eigenvalue weighted by Crippen LogP contribution is 2.40. The molecule has 0 spiro atoms. The molecule has 0 fully saturated rings. The zero-order valence-corrected chi connectivity index (χ0v) is 19.9. The van der Waals surface area contributed by atoms with Crippen molar-refractivity contribution >= 4 is 40.7 Å². The lowest BCUT2D eigenvalue weighted by atomic mass is 10.0. The van der Waals surface area contributed by atoms with Crippen molar-refractivity contribution in [3.63, 3.8) is 0 Å². The number of rotatable bonds is 9. The molecule has 164 valence electrons. The second-order valence-electron chi connectivity index (χ2n) is 6.62. The van der Waals surface area contributed by atoms with Crippen molar-refractivity contribution in [2.45, 2.75) is 24.0 Å². The predicted octanol–water partition coefficient (Wildman–Crippen LogP) is 5.39. The number of hydrogen-bond donors (Lipinski definition) is 0. The zero-order valence-electron chi connectivity index (χ0n) is 17.4. The highest BCUT2D eigenvalue weighted by molar-refractivity contribution is 8.00. The van der Waals surface area contributed by atoms with Crippen LogP contribution in [0.4, 0.5) is 5.13 Å². The fraction of sp³-hybridized carbons (Fsp3) is 0.333. The monoisotopic (exact) mass is 477 g/mol. The molecule has 2 aromatic carbocycles. The van der Waals surface area contributed by atoms with Crippen LogP contribution in [0.2, 0.25) is 0 Å². The number of benzene rings is 2. The molecule has 0 N–H and O–H groups in total. The molecule has 3 aromatic rings. The molecule has 0 saturated heterocycles. The lowest BCUT2D eigenvalue weighted by Crippen LogP contribution is -2.16. The van der Waals surface area contributed by atoms with Crippen molar-refractivity contribution in [1.82, 2.24) is 9.36 Å². The minimum absolute atomic E-state index is 0.0561. The van der Waals surface area contributed by atoms with Gasteiger partial charge in [-0.25, -0.2) is 4.98 Å². The number of methoxy groups -OCH3 is 2. The van der Waals surface area contributed by atoms with Crippen molar-refractivity contribution in [1.29, 1.82) is 0 Å². The summed E-state index contributed by atoms with van der Waals surface area (Å²) >= 11 is 4.33. The molecule has 0 aliphatic carbocycles. The Bertz CT molecular complexity index is 1000. The van der Waals surface area contributed by atoms with E-state index in [0.29, 0.717) is 13.2 Å². The maximum atomic E-state index is 5.91. The molecule has 4 rings (SSSR count). The summed E-state index contributed by atoms with van der Waals surface area (Å²) in [6, 6.07) is 12.1. The molecule has 0 bridgehead atoms. The van der Waals surface area contributed by atoms with Gasteiger partial charge >= 0.3 is 0 Å². The fourth-order valence-corrected chi connectivity index (χ4v) is 5.25. The third-order valence-corrected chi connectivity index (χ3v) is 6.98. The van der Waals surface area contributed by atoms with E-state index in [-0.39, 0.29) is 6.10 Å². The Balaban J connectivity index is 1.59. The van der Waals surface area contributed by atoms with Crippen LogP contribution in [0.15, 0.2) is 47.6 Å². The van der Waals surface area contributed by atoms with Crippen molar-refractivity contribution < 1.29 is 18.4 Å². The molecule has 2 heterocycles. The van der Waals surface area contributed by atoms with Crippen molar-refractivity contribution in [3.05, 3.63) is 53.9 Å². The minimum Gasteiger partial charge on any atom is -0.497 e. The number of nitrogens with zero attached hydrogens (tertiary/aromatic N) is 3. The van der Waals surface area contributed by atoms with Crippen LogP contribution in [0.1, 0.15) is 23.7 Å². The first-order chi connectivity index (χ1) is 15.2. The molecule has 1 aromatic heterocycles. The Morgan fingerprint density at radius 1 is 1.19 bits per heavy atom. The Kier molecular flexibility index (Phi) is 7.44. The first kappa shape index (κ1) is 22.1. The Labute approximate surface area is 194 Å². The van der Waals surface area contributed by atoms with Crippen molar-refractivity contribution in [2.24, 2.45) is 0 Å². The van der Waals surface area contributed by atoms with E-state index in [1.165, 1.54) is 23.6 Å². The fourth-order valence-electron chi connectivity index (χ4n) is 3.29. The van der Waals surface area contributed by atoms with Gasteiger partial charge in [0.05, 0.1) is 27.4 Å². The molecule has 31 heavy (non-hydrogen) atoms. The molecule has 7 nitrogen and oxygen atoms in total. The Morgan fingerprint density at radius 3 is 2.84 bits per heavy atom. The number of fused-ring (bicyclic) bond motifs is 1. The molecule has 0 radical (unpaired) electrons. The van der Waals surface area contributed by atoms with E-state index in [9.17, 15) is 0 Å². The SMILES string of the molecule is COc1ccc(CN(Sc2ccc3c(c2)OCCC3OSC)c2ncns2)c(OC)c1. The number of anilines is 1. The number of ether oxygens (including phenoxy) is 3. The summed E-state index contributed by atoms with van der Waals surface area (Å²) in [5.41, 5.74) is 2.11. The highest BCUT2D eigenvalue weighted by atomic mass is 32.2. The van der Waals surface area contributed by atoms with Gasteiger partial charge in [0.15, 0.2) is 0 Å². The summed E-state index contributed by atoms with van der Waals surface area (Å²) in [7, 11) is 3.30. The van der Waals surface area contributed by atoms with E-state index >= 15 is 0 Å². The maximum absolute atomic E-state index is 5.91. The van der Waals surface area contributed by atoms with Crippen LogP contribution in [0.5, 0.6) is 17.2 Å². The molecule has 1 atom stereocenters. The second-order valence-corrected chi connectivity index (χ2v) is 9.00. The lowest BCUT2D eigenvalue weighted by molar-refractivity contribution is 0.158. The number of aromatic nitrogens is 2. The highest BCUT2D eigenvalue weighted by Gasteiger charge is 2.24. The smallest absolute Gasteiger partial charge is 0.215 e. The van der Waals surface area contributed by atoms with E-state index in [2.05, 4.69) is 31.9 Å². The van der Waals surface area contributed by atoms with E-state index in [1.807, 2.05) is 24.5 Å². The lowest BCUT2D eigenvalue weighted by Gasteiger charge is -2.26. The Morgan fingerprint density at radius 2 is 2.10 bits per heavy atom. The van der Waals surface area contributed by atoms with Crippen LogP contribution in [0.25, 0.3) is 0 Å². The van der Waals surface area contributed by atoms with Crippen LogP contribution in [0, 0.1) is 0 Å². The van der Waals surface area contributed by atoms with Gasteiger partial charge in [0, 0.05) is 46.3 Å². The first-order valence-electron chi connectivity index (χ1n) is 9.61. The minimum atomic E-state index is 0.0561. The van der Waals surface area contributed by atoms with Crippen LogP contribution in [-0.2, 0) is 10.7 Å². The molecular formula is C21H23N3O4S3. The largest absolute Gasteiger partial charge is 0.497 e. The normalized spacial score (nSPS) is 15.1. The van der Waals surface area contributed by atoms with Gasteiger partial charge in [-0.05, 0) is 48.3 Å². The molecule has 1 unspecified atom stereocenters. The standard InChI is InChI=1S/C21H23N3O4S3/c1-25-15-5-4-14(19(10-15)26-2)12-24(21-22-13-23-30-21)31-16-6-7-17-18(28-29-3)8-9-27-20(17)11-16/h4-7,10-11,13,18H,8-9,12H2,1-3H3. The summed E-state index contributed by atoms with van der Waals surface area (Å²) in [6.07, 6.45) is 4.42. The van der Waals surface area contributed by atoms with Gasteiger partial charge in [0.2, 0.25) is 5.13 Å². The third-order valence-electron chi connectivity index (χ3n) is 4.77. The van der Waals surface area contributed by atoms with Gasteiger partial charge in [0.1, 0.15) is 29.7 Å². The quantitative estimate of drug-likeness (QED) is 0.298. The van der Waals surface area contributed by atoms with Crippen LogP contribution in [0.3, 0.4) is 0 Å². The van der Waals surface area contributed by atoms with Crippen LogP contribution < -0.4 is 18.5 Å². The van der Waals surface area contributed by atoms with Gasteiger partial charge in [0.25, 0.3) is 0 Å². The molecule has 1 aliphatic rings. The van der Waals surface area contributed by atoms with Gasteiger partial charge in [-0.2, -0.15) is 4.37 Å². The van der Waals surface area contributed by atoms with Crippen molar-refractivity contribution in [3.8, 4) is 17.2 Å². The summed E-state index contributed by atoms with van der Waals surface area (Å²) in [5.74, 6) is 2.39. The Hall–Kier alpha value is -2.14. The third kappa shape index (κ3) is 5.20. The van der Waals surface area contributed by atoms with Gasteiger partial charge in [-0.15, -0.1) is 0 Å². The maximum Gasteiger partial charge on any atom is 0.215 e. The summed E-state index contributed by atoms with van der Waals surface area (Å²) in [4.78, 5) is 5.46. The van der Waals surface area contributed by atoms with Crippen molar-refractivity contribution in [2.75, 3.05) is 31.4 Å². The average molecular weight is 478 g/mol. The molecular weight excluding hydrogens is 454 g/mol. The molecule has 1 aliphatic heterocycles. The molecule has 0 saturated carbocycles. The van der Waals surface area contributed by atoms with E-state index in [0.717, 1.165) is 44.8 Å². The van der Waals surface area contributed by atoms with Crippen LogP contribution in [-0.4, -0.2) is 36.4 Å². The summed E-state index contributed by atoms with van der Waals surface area (Å²) < 4.78 is 28.9. The summed E-state index contributed by atoms with van der Waals surface area (Å²) in [6.45, 7) is 1.23. The molecule has 10 heteroatoms. The van der Waals surface area contributed by atoms with Gasteiger partial charge < -0.3 is 18.4 Å². The van der Waals surface area contributed by atoms with Gasteiger partial charge in [-0.3, -0.25) is 4.31 Å². The zero-order chi connectivity index (χ0) is 21.6. The molecule has 0 amide bonds. The van der Waals surface area contributed by atoms with E-state index in [1.54, 1.807) is 32.5 Å². The predicted molar refractivity (Wildman–Crippen MR) is 125 cm³/mol. The first-order valence-corrected chi connectivity index (χ1v) is 12.3. The topological polar surface area (TPSA) is 65.9 Å². The second kappa shape index (κ2) is 10.4. The van der Waals surface area contributed by atoms with E-state index in [4.69, 9.17) is 18.4 Å². The van der Waals surface area contributed by atoms with Gasteiger partial charge in [-0.1, -0.05) is 6.07 Å². The van der Waals surface area contributed by atoms with E-state index < -0.39 is 0 Å².